The highest BCUT2D eigenvalue weighted by Gasteiger charge is 2.17. The minimum atomic E-state index is -0.357. The highest BCUT2D eigenvalue weighted by atomic mass is 19.1. The van der Waals surface area contributed by atoms with Crippen LogP contribution in [0.1, 0.15) is 28.2 Å². The highest BCUT2D eigenvalue weighted by Crippen LogP contribution is 2.30. The first-order chi connectivity index (χ1) is 11.5. The summed E-state index contributed by atoms with van der Waals surface area (Å²) in [5.41, 5.74) is 3.08. The van der Waals surface area contributed by atoms with E-state index in [-0.39, 0.29) is 23.4 Å². The van der Waals surface area contributed by atoms with Gasteiger partial charge in [-0.2, -0.15) is 0 Å². The molecule has 0 aliphatic carbocycles. The number of hydrogen-bond acceptors (Lipinski definition) is 1. The molecule has 0 unspecified atom stereocenters. The van der Waals surface area contributed by atoms with Crippen molar-refractivity contribution in [3.63, 3.8) is 0 Å². The van der Waals surface area contributed by atoms with E-state index in [1.807, 2.05) is 0 Å². The molecule has 4 heteroatoms. The van der Waals surface area contributed by atoms with Gasteiger partial charge in [0.1, 0.15) is 17.5 Å². The van der Waals surface area contributed by atoms with E-state index in [0.717, 1.165) is 16.7 Å². The number of nitrogens with zero attached hydrogens (tertiary/aromatic N) is 1. The van der Waals surface area contributed by atoms with Crippen molar-refractivity contribution in [3.8, 4) is 0 Å². The van der Waals surface area contributed by atoms with Gasteiger partial charge in [-0.05, 0) is 59.9 Å². The van der Waals surface area contributed by atoms with Gasteiger partial charge in [-0.3, -0.25) is 4.98 Å². The van der Waals surface area contributed by atoms with Crippen molar-refractivity contribution in [1.29, 1.82) is 0 Å². The lowest BCUT2D eigenvalue weighted by atomic mass is 9.85. The van der Waals surface area contributed by atoms with E-state index in [1.54, 1.807) is 37.4 Å². The van der Waals surface area contributed by atoms with Gasteiger partial charge in [-0.15, -0.1) is 0 Å². The zero-order valence-corrected chi connectivity index (χ0v) is 13.1. The summed E-state index contributed by atoms with van der Waals surface area (Å²) in [5.74, 6) is -1.14. The largest absolute Gasteiger partial charge is 0.261 e. The quantitative estimate of drug-likeness (QED) is 0.643. The van der Waals surface area contributed by atoms with Crippen LogP contribution in [-0.4, -0.2) is 4.98 Å². The molecule has 1 nitrogen and oxygen atoms in total. The summed E-state index contributed by atoms with van der Waals surface area (Å²) in [7, 11) is 0. The summed E-state index contributed by atoms with van der Waals surface area (Å²) in [4.78, 5) is 3.92. The second kappa shape index (κ2) is 6.87. The van der Waals surface area contributed by atoms with Crippen molar-refractivity contribution in [3.05, 3.63) is 101 Å². The van der Waals surface area contributed by atoms with E-state index in [9.17, 15) is 13.2 Å². The van der Waals surface area contributed by atoms with Crippen molar-refractivity contribution in [2.75, 3.05) is 0 Å². The van der Waals surface area contributed by atoms with Crippen LogP contribution in [0.15, 0.2) is 60.9 Å². The fourth-order valence-corrected chi connectivity index (χ4v) is 2.78. The number of rotatable bonds is 4. The third-order valence-electron chi connectivity index (χ3n) is 4.23. The second-order valence-electron chi connectivity index (χ2n) is 5.77. The molecule has 0 spiro atoms. The molecule has 122 valence electrons. The molecule has 0 amide bonds. The second-order valence-corrected chi connectivity index (χ2v) is 5.77. The summed E-state index contributed by atoms with van der Waals surface area (Å²) in [6.45, 7) is 1.71. The summed E-state index contributed by atoms with van der Waals surface area (Å²) < 4.78 is 40.3. The van der Waals surface area contributed by atoms with Crippen LogP contribution in [0.25, 0.3) is 0 Å². The molecule has 0 aliphatic rings. The molecule has 3 aromatic rings. The fraction of sp³-hybridized carbons (Fsp3) is 0.150. The average molecular weight is 327 g/mol. The number of pyridine rings is 1. The van der Waals surface area contributed by atoms with Gasteiger partial charge >= 0.3 is 0 Å². The minimum Gasteiger partial charge on any atom is -0.261 e. The van der Waals surface area contributed by atoms with E-state index in [4.69, 9.17) is 0 Å². The van der Waals surface area contributed by atoms with E-state index >= 15 is 0 Å². The fourth-order valence-electron chi connectivity index (χ4n) is 2.78. The molecule has 0 N–H and O–H groups in total. The van der Waals surface area contributed by atoms with E-state index in [2.05, 4.69) is 4.98 Å². The predicted octanol–water partition coefficient (Wildman–Crippen LogP) is 5.18. The maximum atomic E-state index is 13.8. The molecule has 0 fully saturated rings. The van der Waals surface area contributed by atoms with Crippen molar-refractivity contribution >= 4 is 0 Å². The Hall–Kier alpha value is -2.62. The van der Waals surface area contributed by atoms with Crippen LogP contribution in [0.2, 0.25) is 0 Å². The molecule has 0 aliphatic heterocycles. The first-order valence-corrected chi connectivity index (χ1v) is 7.64. The lowest BCUT2D eigenvalue weighted by Crippen LogP contribution is -2.08. The molecular formula is C20H16F3N. The van der Waals surface area contributed by atoms with Gasteiger partial charge in [0.25, 0.3) is 0 Å². The molecular weight excluding hydrogens is 311 g/mol. The zero-order chi connectivity index (χ0) is 17.1. The van der Waals surface area contributed by atoms with Gasteiger partial charge in [0.2, 0.25) is 0 Å². The Morgan fingerprint density at radius 2 is 1.29 bits per heavy atom. The zero-order valence-electron chi connectivity index (χ0n) is 13.1. The Morgan fingerprint density at radius 3 is 1.79 bits per heavy atom. The summed E-state index contributed by atoms with van der Waals surface area (Å²) in [5, 5.41) is 0. The molecule has 1 heterocycles. The van der Waals surface area contributed by atoms with Crippen LogP contribution >= 0.6 is 0 Å². The number of benzene rings is 2. The average Bonchev–Trinajstić information content (AvgIpc) is 2.58. The monoisotopic (exact) mass is 327 g/mol. The van der Waals surface area contributed by atoms with E-state index < -0.39 is 0 Å². The summed E-state index contributed by atoms with van der Waals surface area (Å²) in [6.07, 6.45) is 3.32. The van der Waals surface area contributed by atoms with Crippen LogP contribution in [0.4, 0.5) is 13.2 Å². The number of halogens is 3. The molecule has 3 rings (SSSR count). The molecule has 0 bridgehead atoms. The van der Waals surface area contributed by atoms with Gasteiger partial charge in [0.15, 0.2) is 0 Å². The van der Waals surface area contributed by atoms with Crippen molar-refractivity contribution in [2.45, 2.75) is 19.3 Å². The maximum absolute atomic E-state index is 13.8. The normalized spacial score (nSPS) is 11.0. The van der Waals surface area contributed by atoms with Gasteiger partial charge < -0.3 is 0 Å². The number of aromatic nitrogens is 1. The molecule has 0 saturated heterocycles. The first-order valence-electron chi connectivity index (χ1n) is 7.64. The molecule has 0 saturated carbocycles. The SMILES string of the molecule is Cc1c(F)cncc1CC(c1ccc(F)cc1)c1ccc(F)cc1. The van der Waals surface area contributed by atoms with Gasteiger partial charge in [0, 0.05) is 12.1 Å². The van der Waals surface area contributed by atoms with Gasteiger partial charge in [0.05, 0.1) is 6.20 Å². The Bertz CT molecular complexity index is 781. The van der Waals surface area contributed by atoms with Crippen molar-refractivity contribution in [1.82, 2.24) is 4.98 Å². The van der Waals surface area contributed by atoms with E-state index in [0.29, 0.717) is 12.0 Å². The molecule has 0 radical (unpaired) electrons. The van der Waals surface area contributed by atoms with Crippen LogP contribution in [0.5, 0.6) is 0 Å². The van der Waals surface area contributed by atoms with Gasteiger partial charge in [-0.25, -0.2) is 13.2 Å². The molecule has 24 heavy (non-hydrogen) atoms. The van der Waals surface area contributed by atoms with Crippen molar-refractivity contribution in [2.24, 2.45) is 0 Å². The predicted molar refractivity (Wildman–Crippen MR) is 87.3 cm³/mol. The standard InChI is InChI=1S/C20H16F3N/c1-13-16(11-24-12-20(13)23)10-19(14-2-6-17(21)7-3-14)15-4-8-18(22)9-5-15/h2-9,11-12,19H,10H2,1H3. The van der Waals surface area contributed by atoms with Crippen molar-refractivity contribution < 1.29 is 13.2 Å². The van der Waals surface area contributed by atoms with Crippen LogP contribution in [-0.2, 0) is 6.42 Å². The van der Waals surface area contributed by atoms with Crippen LogP contribution in [0.3, 0.4) is 0 Å². The van der Waals surface area contributed by atoms with E-state index in [1.165, 1.54) is 30.5 Å². The van der Waals surface area contributed by atoms with Gasteiger partial charge in [-0.1, -0.05) is 24.3 Å². The number of hydrogen-bond donors (Lipinski definition) is 0. The maximum Gasteiger partial charge on any atom is 0.144 e. The third-order valence-corrected chi connectivity index (χ3v) is 4.23. The topological polar surface area (TPSA) is 12.9 Å². The Kier molecular flexibility index (Phi) is 4.65. The van der Waals surface area contributed by atoms with Crippen LogP contribution < -0.4 is 0 Å². The Morgan fingerprint density at radius 1 is 0.792 bits per heavy atom. The third kappa shape index (κ3) is 3.48. The molecule has 1 aromatic heterocycles. The minimum absolute atomic E-state index is 0.145. The van der Waals surface area contributed by atoms with Crippen LogP contribution in [0, 0.1) is 24.4 Å². The lowest BCUT2D eigenvalue weighted by molar-refractivity contribution is 0.605. The highest BCUT2D eigenvalue weighted by molar-refractivity contribution is 5.36. The lowest BCUT2D eigenvalue weighted by Gasteiger charge is -2.19. The first kappa shape index (κ1) is 16.2. The summed E-state index contributed by atoms with van der Waals surface area (Å²) >= 11 is 0. The Balaban J connectivity index is 2.03. The summed E-state index contributed by atoms with van der Waals surface area (Å²) in [6, 6.07) is 12.4. The molecule has 2 aromatic carbocycles. The Labute approximate surface area is 138 Å². The molecule has 0 atom stereocenters. The smallest absolute Gasteiger partial charge is 0.144 e.